The number of aromatic nitrogens is 3. The Morgan fingerprint density at radius 2 is 0.710 bits per heavy atom. The predicted molar refractivity (Wildman–Crippen MR) is 252 cm³/mol. The molecular formula is C57H35N3O2. The highest BCUT2D eigenvalue weighted by Crippen LogP contribution is 2.44. The summed E-state index contributed by atoms with van der Waals surface area (Å²) in [6, 6.07) is 73.3. The molecule has 0 atom stereocenters. The van der Waals surface area contributed by atoms with Gasteiger partial charge in [0.25, 0.3) is 0 Å². The molecule has 0 bridgehead atoms. The summed E-state index contributed by atoms with van der Waals surface area (Å²) in [7, 11) is 0. The molecule has 12 rings (SSSR count). The summed E-state index contributed by atoms with van der Waals surface area (Å²) >= 11 is 0. The first-order valence-corrected chi connectivity index (χ1v) is 20.8. The van der Waals surface area contributed by atoms with Gasteiger partial charge in [-0.3, -0.25) is 0 Å². The average molecular weight is 794 g/mol. The van der Waals surface area contributed by atoms with Crippen LogP contribution in [-0.2, 0) is 0 Å². The number of hydrogen-bond acceptors (Lipinski definition) is 5. The van der Waals surface area contributed by atoms with Crippen LogP contribution in [0.2, 0.25) is 0 Å². The van der Waals surface area contributed by atoms with Crippen molar-refractivity contribution in [1.82, 2.24) is 15.0 Å². The van der Waals surface area contributed by atoms with E-state index in [0.29, 0.717) is 17.5 Å². The van der Waals surface area contributed by atoms with E-state index < -0.39 is 0 Å². The summed E-state index contributed by atoms with van der Waals surface area (Å²) in [5.74, 6) is 1.70. The van der Waals surface area contributed by atoms with Crippen LogP contribution in [0.25, 0.3) is 123 Å². The van der Waals surface area contributed by atoms with Gasteiger partial charge in [0.05, 0.1) is 0 Å². The van der Waals surface area contributed by atoms with E-state index in [4.69, 9.17) is 23.8 Å². The Bertz CT molecular complexity index is 3600. The lowest BCUT2D eigenvalue weighted by Gasteiger charge is -2.10. The van der Waals surface area contributed by atoms with Crippen LogP contribution in [0.15, 0.2) is 221 Å². The Kier molecular flexibility index (Phi) is 8.42. The Hall–Kier alpha value is -8.41. The van der Waals surface area contributed by atoms with E-state index in [1.807, 2.05) is 78.9 Å². The highest BCUT2D eigenvalue weighted by atomic mass is 16.3. The fourth-order valence-corrected chi connectivity index (χ4v) is 8.73. The SMILES string of the molecule is c1ccc(-c2cc(-c3ccccc3)c3oc4ccc(-c5nc(-c6ccccc6)nc(-c6cccc7oc8c(-c9ccccc9)cc(-c9ccccc9)cc8c67)n5)cc4c3c2)cc1. The lowest BCUT2D eigenvalue weighted by Crippen LogP contribution is -2.00. The minimum Gasteiger partial charge on any atom is -0.455 e. The van der Waals surface area contributed by atoms with Gasteiger partial charge < -0.3 is 8.83 Å². The molecule has 0 aliphatic rings. The van der Waals surface area contributed by atoms with E-state index in [9.17, 15) is 0 Å². The van der Waals surface area contributed by atoms with E-state index in [1.54, 1.807) is 0 Å². The number of benzene rings is 9. The summed E-state index contributed by atoms with van der Waals surface area (Å²) in [6.07, 6.45) is 0. The molecule has 0 amide bonds. The molecule has 3 heterocycles. The molecule has 9 aromatic carbocycles. The van der Waals surface area contributed by atoms with E-state index in [2.05, 4.69) is 133 Å². The smallest absolute Gasteiger partial charge is 0.164 e. The second-order valence-electron chi connectivity index (χ2n) is 15.5. The third-order valence-electron chi connectivity index (χ3n) is 11.7. The Balaban J connectivity index is 1.09. The molecule has 12 aromatic rings. The van der Waals surface area contributed by atoms with Gasteiger partial charge in [-0.25, -0.2) is 15.0 Å². The van der Waals surface area contributed by atoms with Crippen LogP contribution in [-0.4, -0.2) is 15.0 Å². The first-order valence-electron chi connectivity index (χ1n) is 20.8. The second kappa shape index (κ2) is 14.7. The molecule has 0 spiro atoms. The summed E-state index contributed by atoms with van der Waals surface area (Å²) in [4.78, 5) is 15.7. The van der Waals surface area contributed by atoms with Crippen molar-refractivity contribution in [2.24, 2.45) is 0 Å². The van der Waals surface area contributed by atoms with Gasteiger partial charge in [-0.05, 0) is 81.9 Å². The molecule has 0 unspecified atom stereocenters. The maximum atomic E-state index is 6.80. The normalized spacial score (nSPS) is 11.5. The van der Waals surface area contributed by atoms with Gasteiger partial charge >= 0.3 is 0 Å². The predicted octanol–water partition coefficient (Wildman–Crippen LogP) is 15.3. The van der Waals surface area contributed by atoms with Crippen molar-refractivity contribution in [2.75, 3.05) is 0 Å². The quantitative estimate of drug-likeness (QED) is 0.161. The molecule has 0 aliphatic carbocycles. The third kappa shape index (κ3) is 6.14. The third-order valence-corrected chi connectivity index (χ3v) is 11.7. The first kappa shape index (κ1) is 35.5. The van der Waals surface area contributed by atoms with Crippen LogP contribution in [0.1, 0.15) is 0 Å². The van der Waals surface area contributed by atoms with Gasteiger partial charge in [0, 0.05) is 49.4 Å². The Labute approximate surface area is 357 Å². The lowest BCUT2D eigenvalue weighted by molar-refractivity contribution is 0.669. The van der Waals surface area contributed by atoms with Crippen molar-refractivity contribution in [2.45, 2.75) is 0 Å². The van der Waals surface area contributed by atoms with E-state index >= 15 is 0 Å². The summed E-state index contributed by atoms with van der Waals surface area (Å²) < 4.78 is 13.5. The molecule has 0 radical (unpaired) electrons. The summed E-state index contributed by atoms with van der Waals surface area (Å²) in [5, 5.41) is 3.96. The van der Waals surface area contributed by atoms with Crippen molar-refractivity contribution in [3.05, 3.63) is 212 Å². The number of hydrogen-bond donors (Lipinski definition) is 0. The summed E-state index contributed by atoms with van der Waals surface area (Å²) in [5.41, 5.74) is 14.6. The molecule has 290 valence electrons. The summed E-state index contributed by atoms with van der Waals surface area (Å²) in [6.45, 7) is 0. The Morgan fingerprint density at radius 3 is 1.29 bits per heavy atom. The zero-order valence-electron chi connectivity index (χ0n) is 33.4. The molecule has 3 aromatic heterocycles. The fraction of sp³-hybridized carbons (Fsp3) is 0. The van der Waals surface area contributed by atoms with Gasteiger partial charge in [-0.1, -0.05) is 164 Å². The largest absolute Gasteiger partial charge is 0.455 e. The van der Waals surface area contributed by atoms with Crippen LogP contribution in [0, 0.1) is 0 Å². The van der Waals surface area contributed by atoms with Crippen molar-refractivity contribution in [1.29, 1.82) is 0 Å². The van der Waals surface area contributed by atoms with Gasteiger partial charge in [-0.15, -0.1) is 0 Å². The second-order valence-corrected chi connectivity index (χ2v) is 15.5. The molecule has 5 heteroatoms. The van der Waals surface area contributed by atoms with Crippen molar-refractivity contribution >= 4 is 43.9 Å². The van der Waals surface area contributed by atoms with Crippen LogP contribution in [0.4, 0.5) is 0 Å². The molecule has 0 fully saturated rings. The molecule has 5 nitrogen and oxygen atoms in total. The molecule has 0 saturated heterocycles. The fourth-order valence-electron chi connectivity index (χ4n) is 8.73. The topological polar surface area (TPSA) is 65.0 Å². The molecule has 0 saturated carbocycles. The van der Waals surface area contributed by atoms with Gasteiger partial charge in [-0.2, -0.15) is 0 Å². The van der Waals surface area contributed by atoms with Gasteiger partial charge in [0.1, 0.15) is 22.3 Å². The number of fused-ring (bicyclic) bond motifs is 6. The molecule has 0 aliphatic heterocycles. The zero-order chi connectivity index (χ0) is 41.0. The maximum Gasteiger partial charge on any atom is 0.164 e. The highest BCUT2D eigenvalue weighted by molar-refractivity contribution is 6.16. The lowest BCUT2D eigenvalue weighted by atomic mass is 9.95. The van der Waals surface area contributed by atoms with Gasteiger partial charge in [0.2, 0.25) is 0 Å². The van der Waals surface area contributed by atoms with E-state index in [1.165, 1.54) is 0 Å². The van der Waals surface area contributed by atoms with Crippen LogP contribution < -0.4 is 0 Å². The average Bonchev–Trinajstić information content (AvgIpc) is 3.93. The molecule has 62 heavy (non-hydrogen) atoms. The number of rotatable bonds is 7. The minimum atomic E-state index is 0.559. The monoisotopic (exact) mass is 793 g/mol. The zero-order valence-corrected chi connectivity index (χ0v) is 33.4. The van der Waals surface area contributed by atoms with E-state index in [-0.39, 0.29) is 0 Å². The van der Waals surface area contributed by atoms with Crippen molar-refractivity contribution in [3.8, 4) is 78.7 Å². The van der Waals surface area contributed by atoms with Crippen LogP contribution >= 0.6 is 0 Å². The first-order chi connectivity index (χ1) is 30.7. The maximum absolute atomic E-state index is 6.80. The highest BCUT2D eigenvalue weighted by Gasteiger charge is 2.22. The van der Waals surface area contributed by atoms with Crippen LogP contribution in [0.3, 0.4) is 0 Å². The molecule has 0 N–H and O–H groups in total. The van der Waals surface area contributed by atoms with Gasteiger partial charge in [0.15, 0.2) is 17.5 Å². The minimum absolute atomic E-state index is 0.559. The number of nitrogens with zero attached hydrogens (tertiary/aromatic N) is 3. The van der Waals surface area contributed by atoms with Crippen molar-refractivity contribution in [3.63, 3.8) is 0 Å². The molecular weight excluding hydrogens is 759 g/mol. The van der Waals surface area contributed by atoms with Crippen molar-refractivity contribution < 1.29 is 8.83 Å². The van der Waals surface area contributed by atoms with E-state index in [0.717, 1.165) is 105 Å². The standard InChI is InChI=1S/C57H35N3O2/c1-6-17-36(18-7-1)42-32-45(38-21-10-3-11-22-38)53-48(34-42)47-31-41(29-30-50(47)61-53)56-58-55(40-25-14-5-15-26-40)59-57(60-56)44-27-16-28-51-52(44)49-35-43(37-19-8-2-9-20-37)33-46(54(49)62-51)39-23-12-4-13-24-39/h1-35H. The van der Waals surface area contributed by atoms with Crippen LogP contribution in [0.5, 0.6) is 0 Å². The number of furan rings is 2. The Morgan fingerprint density at radius 1 is 0.258 bits per heavy atom.